The van der Waals surface area contributed by atoms with Crippen LogP contribution in [0, 0.1) is 17.8 Å². The number of hydrogen-bond acceptors (Lipinski definition) is 8. The largest absolute Gasteiger partial charge is 0.379 e. The highest BCUT2D eigenvalue weighted by molar-refractivity contribution is 5.84. The Hall–Kier alpha value is -1.30. The van der Waals surface area contributed by atoms with Gasteiger partial charge in [-0.25, -0.2) is 0 Å². The van der Waals surface area contributed by atoms with Crippen LogP contribution in [0.25, 0.3) is 0 Å². The molecule has 9 atom stereocenters. The second-order valence-electron chi connectivity index (χ2n) is 11.7. The maximum atomic E-state index is 13.6. The first kappa shape index (κ1) is 27.3. The molecule has 8 unspecified atom stereocenters. The Morgan fingerprint density at radius 1 is 1.11 bits per heavy atom. The van der Waals surface area contributed by atoms with E-state index < -0.39 is 12.1 Å². The number of fused-ring (bicyclic) bond motifs is 2. The number of carbonyl (C=O) groups is 2. The van der Waals surface area contributed by atoms with Crippen molar-refractivity contribution in [3.05, 3.63) is 0 Å². The summed E-state index contributed by atoms with van der Waals surface area (Å²) in [5.74, 6) is -0.0530. The summed E-state index contributed by atoms with van der Waals surface area (Å²) in [5.41, 5.74) is 6.82. The molecular formula is C27H47N5O5. The molecule has 10 nitrogen and oxygen atoms in total. The molecule has 10 heteroatoms. The number of likely N-dealkylation sites (tertiary alicyclic amines) is 1. The molecule has 1 saturated carbocycles. The molecule has 4 saturated heterocycles. The second-order valence-corrected chi connectivity index (χ2v) is 11.7. The van der Waals surface area contributed by atoms with Crippen molar-refractivity contribution in [3.63, 3.8) is 0 Å². The summed E-state index contributed by atoms with van der Waals surface area (Å²) in [5, 5.41) is 6.92. The normalized spacial score (nSPS) is 40.8. The number of ether oxygens (including phenoxy) is 3. The summed E-state index contributed by atoms with van der Waals surface area (Å²) in [6.45, 7) is 2.83. The van der Waals surface area contributed by atoms with Gasteiger partial charge in [0.2, 0.25) is 11.8 Å². The molecule has 37 heavy (non-hydrogen) atoms. The van der Waals surface area contributed by atoms with Crippen LogP contribution in [-0.4, -0.2) is 98.9 Å². The minimum Gasteiger partial charge on any atom is -0.379 e. The molecule has 0 spiro atoms. The molecule has 0 bridgehead atoms. The molecule has 1 aliphatic carbocycles. The Kier molecular flexibility index (Phi) is 9.04. The van der Waals surface area contributed by atoms with Crippen LogP contribution >= 0.6 is 0 Å². The van der Waals surface area contributed by atoms with Crippen LogP contribution in [0.15, 0.2) is 0 Å². The van der Waals surface area contributed by atoms with Gasteiger partial charge in [-0.15, -0.1) is 0 Å². The predicted octanol–water partition coefficient (Wildman–Crippen LogP) is 0.993. The van der Waals surface area contributed by atoms with Crippen molar-refractivity contribution in [1.82, 2.24) is 20.4 Å². The van der Waals surface area contributed by atoms with Gasteiger partial charge in [-0.1, -0.05) is 0 Å². The first-order chi connectivity index (χ1) is 18.0. The summed E-state index contributed by atoms with van der Waals surface area (Å²) in [6, 6.07) is 0. The van der Waals surface area contributed by atoms with Crippen LogP contribution in [0.1, 0.15) is 64.2 Å². The van der Waals surface area contributed by atoms with Crippen LogP contribution in [0.3, 0.4) is 0 Å². The lowest BCUT2D eigenvalue weighted by molar-refractivity contribution is -0.164. The average Bonchev–Trinajstić information content (AvgIpc) is 3.43. The van der Waals surface area contributed by atoms with E-state index in [1.165, 1.54) is 0 Å². The fraction of sp³-hybridized carbons (Fsp3) is 0.926. The zero-order valence-electron chi connectivity index (χ0n) is 22.6. The zero-order valence-corrected chi connectivity index (χ0v) is 22.6. The van der Waals surface area contributed by atoms with Crippen molar-refractivity contribution in [2.24, 2.45) is 23.5 Å². The number of nitrogens with two attached hydrogens (primary N) is 1. The van der Waals surface area contributed by atoms with E-state index in [0.29, 0.717) is 25.4 Å². The Balaban J connectivity index is 1.22. The summed E-state index contributed by atoms with van der Waals surface area (Å²) < 4.78 is 17.1. The van der Waals surface area contributed by atoms with Gasteiger partial charge in [0.15, 0.2) is 0 Å². The van der Waals surface area contributed by atoms with E-state index in [1.54, 1.807) is 14.2 Å². The maximum Gasteiger partial charge on any atom is 0.229 e. The first-order valence-electron chi connectivity index (χ1n) is 14.5. The molecule has 0 aromatic rings. The van der Waals surface area contributed by atoms with Gasteiger partial charge in [-0.05, 0) is 70.1 Å². The molecule has 5 fully saturated rings. The number of amides is 2. The van der Waals surface area contributed by atoms with Crippen molar-refractivity contribution >= 4 is 11.8 Å². The van der Waals surface area contributed by atoms with Crippen molar-refractivity contribution in [2.75, 3.05) is 40.5 Å². The summed E-state index contributed by atoms with van der Waals surface area (Å²) in [6.07, 6.45) is 9.42. The third kappa shape index (κ3) is 5.84. The van der Waals surface area contributed by atoms with E-state index in [1.807, 2.05) is 4.90 Å². The van der Waals surface area contributed by atoms with Crippen LogP contribution in [0.4, 0.5) is 0 Å². The smallest absolute Gasteiger partial charge is 0.229 e. The van der Waals surface area contributed by atoms with Gasteiger partial charge in [0, 0.05) is 40.5 Å². The van der Waals surface area contributed by atoms with Crippen LogP contribution in [0.5, 0.6) is 0 Å². The number of nitrogens with one attached hydrogen (secondary N) is 2. The standard InChI is InChI=1S/C27H47N5O5/c1-35-21-9-8-17(14-22(21)36-2)10-11-29-26(33)19-15-20-25(30-23-7-3-4-12-31(23)27(20)34)32(24(19)28)16-18-6-5-13-37-18/h17-25,30H,3-16,28H2,1-2H3,(H,29,33)/t17?,18-,19?,20?,21?,22?,23?,24?,25?/m0/s1. The summed E-state index contributed by atoms with van der Waals surface area (Å²) in [7, 11) is 3.49. The zero-order chi connectivity index (χ0) is 25.9. The fourth-order valence-electron chi connectivity index (χ4n) is 7.43. The van der Waals surface area contributed by atoms with Crippen LogP contribution in [0.2, 0.25) is 0 Å². The molecule has 4 aliphatic heterocycles. The molecule has 0 aromatic carbocycles. The molecule has 5 rings (SSSR count). The lowest BCUT2D eigenvalue weighted by atomic mass is 9.80. The Bertz CT molecular complexity index is 795. The van der Waals surface area contributed by atoms with Gasteiger partial charge in [0.05, 0.1) is 48.6 Å². The Morgan fingerprint density at radius 2 is 1.95 bits per heavy atom. The molecule has 0 aromatic heterocycles. The second kappa shape index (κ2) is 12.3. The number of methoxy groups -OCH3 is 2. The lowest BCUT2D eigenvalue weighted by Gasteiger charge is -2.55. The van der Waals surface area contributed by atoms with Crippen molar-refractivity contribution in [1.29, 1.82) is 0 Å². The van der Waals surface area contributed by atoms with Gasteiger partial charge >= 0.3 is 0 Å². The number of hydrogen-bond donors (Lipinski definition) is 3. The predicted molar refractivity (Wildman–Crippen MR) is 138 cm³/mol. The van der Waals surface area contributed by atoms with Crippen LogP contribution < -0.4 is 16.4 Å². The molecule has 4 heterocycles. The number of carbonyl (C=O) groups excluding carboxylic acids is 2. The lowest BCUT2D eigenvalue weighted by Crippen LogP contribution is -2.75. The first-order valence-corrected chi connectivity index (χ1v) is 14.5. The minimum atomic E-state index is -0.448. The molecule has 4 N–H and O–H groups in total. The molecule has 210 valence electrons. The monoisotopic (exact) mass is 521 g/mol. The molecule has 2 amide bonds. The number of rotatable bonds is 8. The quantitative estimate of drug-likeness (QED) is 0.433. The van der Waals surface area contributed by atoms with E-state index >= 15 is 0 Å². The fourth-order valence-corrected chi connectivity index (χ4v) is 7.43. The highest BCUT2D eigenvalue weighted by atomic mass is 16.5. The van der Waals surface area contributed by atoms with Crippen molar-refractivity contribution < 1.29 is 23.8 Å². The molecule has 5 aliphatic rings. The summed E-state index contributed by atoms with van der Waals surface area (Å²) >= 11 is 0. The highest BCUT2D eigenvalue weighted by Crippen LogP contribution is 2.37. The third-order valence-electron chi connectivity index (χ3n) is 9.58. The van der Waals surface area contributed by atoms with E-state index in [-0.39, 0.29) is 48.4 Å². The number of piperidine rings is 2. The topological polar surface area (TPSA) is 118 Å². The maximum absolute atomic E-state index is 13.6. The average molecular weight is 522 g/mol. The van der Waals surface area contributed by atoms with Gasteiger partial charge in [0.1, 0.15) is 0 Å². The SMILES string of the molecule is COC1CCC(CCNC(=O)C2CC3C(=O)N4CCCCC4NC3N(C[C@@H]3CCCO3)C2N)CC1OC. The van der Waals surface area contributed by atoms with Crippen molar-refractivity contribution in [3.8, 4) is 0 Å². The van der Waals surface area contributed by atoms with Gasteiger partial charge in [-0.2, -0.15) is 0 Å². The number of nitrogens with zero attached hydrogens (tertiary/aromatic N) is 2. The Labute approximate surface area is 221 Å². The van der Waals surface area contributed by atoms with Gasteiger partial charge in [0.25, 0.3) is 0 Å². The highest BCUT2D eigenvalue weighted by Gasteiger charge is 2.52. The summed E-state index contributed by atoms with van der Waals surface area (Å²) in [4.78, 5) is 31.3. The minimum absolute atomic E-state index is 0.0364. The van der Waals surface area contributed by atoms with E-state index in [9.17, 15) is 9.59 Å². The van der Waals surface area contributed by atoms with E-state index in [0.717, 1.165) is 70.9 Å². The third-order valence-corrected chi connectivity index (χ3v) is 9.58. The van der Waals surface area contributed by atoms with Gasteiger partial charge in [-0.3, -0.25) is 19.8 Å². The van der Waals surface area contributed by atoms with Crippen molar-refractivity contribution in [2.45, 2.75) is 101 Å². The molecular weight excluding hydrogens is 474 g/mol. The van der Waals surface area contributed by atoms with Crippen LogP contribution in [-0.2, 0) is 23.8 Å². The Morgan fingerprint density at radius 3 is 2.70 bits per heavy atom. The molecule has 0 radical (unpaired) electrons. The van der Waals surface area contributed by atoms with E-state index in [2.05, 4.69) is 15.5 Å². The van der Waals surface area contributed by atoms with Gasteiger partial charge < -0.3 is 30.2 Å². The van der Waals surface area contributed by atoms with E-state index in [4.69, 9.17) is 19.9 Å².